The van der Waals surface area contributed by atoms with Gasteiger partial charge in [-0.2, -0.15) is 0 Å². The summed E-state index contributed by atoms with van der Waals surface area (Å²) in [6, 6.07) is 5.76. The summed E-state index contributed by atoms with van der Waals surface area (Å²) >= 11 is 6.11. The molecule has 0 saturated carbocycles. The van der Waals surface area contributed by atoms with E-state index in [9.17, 15) is 4.79 Å². The summed E-state index contributed by atoms with van der Waals surface area (Å²) in [5.41, 5.74) is 6.70. The Labute approximate surface area is 119 Å². The molecule has 1 aliphatic rings. The minimum Gasteiger partial charge on any atom is -0.398 e. The van der Waals surface area contributed by atoms with Gasteiger partial charge in [0, 0.05) is 19.1 Å². The second-order valence-electron chi connectivity index (χ2n) is 5.20. The molecule has 1 saturated heterocycles. The van der Waals surface area contributed by atoms with Gasteiger partial charge in [0.05, 0.1) is 16.3 Å². The fourth-order valence-corrected chi connectivity index (χ4v) is 2.68. The summed E-state index contributed by atoms with van der Waals surface area (Å²) in [5.74, 6) is -0.0190. The average molecular weight is 282 g/mol. The number of benzene rings is 1. The fourth-order valence-electron chi connectivity index (χ4n) is 2.47. The number of hydrogen-bond donors (Lipinski definition) is 1. The van der Waals surface area contributed by atoms with E-state index in [0.29, 0.717) is 22.3 Å². The molecule has 1 heterocycles. The van der Waals surface area contributed by atoms with Crippen molar-refractivity contribution < 1.29 is 4.79 Å². The third kappa shape index (κ3) is 3.01. The Morgan fingerprint density at radius 3 is 2.58 bits per heavy atom. The smallest absolute Gasteiger partial charge is 0.255 e. The van der Waals surface area contributed by atoms with Crippen molar-refractivity contribution in [1.29, 1.82) is 0 Å². The van der Waals surface area contributed by atoms with Gasteiger partial charge in [-0.3, -0.25) is 4.79 Å². The summed E-state index contributed by atoms with van der Waals surface area (Å²) in [6.45, 7) is 1.54. The number of nitrogens with zero attached hydrogens (tertiary/aromatic N) is 2. The first-order valence-corrected chi connectivity index (χ1v) is 6.88. The second kappa shape index (κ2) is 5.80. The van der Waals surface area contributed by atoms with Crippen molar-refractivity contribution in [3.63, 3.8) is 0 Å². The van der Waals surface area contributed by atoms with Crippen molar-refractivity contribution in [2.75, 3.05) is 32.9 Å². The summed E-state index contributed by atoms with van der Waals surface area (Å²) in [5, 5.41) is 0.363. The predicted octanol–water partition coefficient (Wildman–Crippen LogP) is 2.09. The molecule has 19 heavy (non-hydrogen) atoms. The van der Waals surface area contributed by atoms with E-state index in [0.717, 1.165) is 25.9 Å². The van der Waals surface area contributed by atoms with Crippen LogP contribution in [0.2, 0.25) is 5.02 Å². The normalized spacial score (nSPS) is 16.9. The number of nitrogens with two attached hydrogens (primary N) is 1. The molecule has 1 aromatic carbocycles. The molecule has 1 fully saturated rings. The number of hydrogen-bond acceptors (Lipinski definition) is 3. The number of amides is 1. The molecule has 0 atom stereocenters. The summed E-state index contributed by atoms with van der Waals surface area (Å²) in [6.07, 6.45) is 2.00. The van der Waals surface area contributed by atoms with E-state index in [1.165, 1.54) is 0 Å². The minimum absolute atomic E-state index is 0.0190. The maximum atomic E-state index is 12.4. The highest BCUT2D eigenvalue weighted by molar-refractivity contribution is 6.36. The van der Waals surface area contributed by atoms with E-state index in [4.69, 9.17) is 17.3 Å². The Bertz CT molecular complexity index is 468. The van der Waals surface area contributed by atoms with Crippen LogP contribution in [0.1, 0.15) is 23.2 Å². The number of carbonyl (C=O) groups is 1. The number of rotatable bonds is 2. The molecule has 1 amide bonds. The van der Waals surface area contributed by atoms with Gasteiger partial charge in [-0.1, -0.05) is 17.7 Å². The lowest BCUT2D eigenvalue weighted by Crippen LogP contribution is -2.44. The van der Waals surface area contributed by atoms with Crippen LogP contribution >= 0.6 is 11.6 Å². The molecular weight excluding hydrogens is 262 g/mol. The van der Waals surface area contributed by atoms with Crippen molar-refractivity contribution in [1.82, 2.24) is 9.80 Å². The van der Waals surface area contributed by atoms with E-state index >= 15 is 0 Å². The number of carbonyl (C=O) groups excluding carboxylic acids is 1. The summed E-state index contributed by atoms with van der Waals surface area (Å²) < 4.78 is 0. The van der Waals surface area contributed by atoms with Crippen molar-refractivity contribution >= 4 is 23.2 Å². The Hall–Kier alpha value is -1.26. The first-order chi connectivity index (χ1) is 9.00. The van der Waals surface area contributed by atoms with Gasteiger partial charge in [-0.25, -0.2) is 0 Å². The molecule has 5 heteroatoms. The molecule has 0 aromatic heterocycles. The lowest BCUT2D eigenvalue weighted by atomic mass is 10.0. The molecule has 2 rings (SSSR count). The van der Waals surface area contributed by atoms with Crippen molar-refractivity contribution in [3.8, 4) is 0 Å². The van der Waals surface area contributed by atoms with Gasteiger partial charge in [0.15, 0.2) is 0 Å². The van der Waals surface area contributed by atoms with Crippen molar-refractivity contribution in [2.24, 2.45) is 0 Å². The standard InChI is InChI=1S/C14H20ClN3O/c1-17(2)10-6-8-18(9-7-10)14(19)11-4-3-5-12(16)13(11)15/h3-5,10H,6-9,16H2,1-2H3. The Kier molecular flexibility index (Phi) is 4.32. The molecule has 1 aliphatic heterocycles. The van der Waals surface area contributed by atoms with Gasteiger partial charge < -0.3 is 15.5 Å². The van der Waals surface area contributed by atoms with Crippen LogP contribution in [0.25, 0.3) is 0 Å². The largest absolute Gasteiger partial charge is 0.398 e. The van der Waals surface area contributed by atoms with Gasteiger partial charge in [-0.15, -0.1) is 0 Å². The molecular formula is C14H20ClN3O. The van der Waals surface area contributed by atoms with E-state index in [2.05, 4.69) is 19.0 Å². The highest BCUT2D eigenvalue weighted by atomic mass is 35.5. The van der Waals surface area contributed by atoms with Gasteiger partial charge >= 0.3 is 0 Å². The van der Waals surface area contributed by atoms with Gasteiger partial charge in [0.2, 0.25) is 0 Å². The van der Waals surface area contributed by atoms with Crippen LogP contribution in [0, 0.1) is 0 Å². The van der Waals surface area contributed by atoms with Crippen LogP contribution in [-0.4, -0.2) is 48.9 Å². The zero-order valence-corrected chi connectivity index (χ0v) is 12.2. The quantitative estimate of drug-likeness (QED) is 0.845. The zero-order valence-electron chi connectivity index (χ0n) is 11.4. The topological polar surface area (TPSA) is 49.6 Å². The average Bonchev–Trinajstić information content (AvgIpc) is 2.41. The maximum absolute atomic E-state index is 12.4. The van der Waals surface area contributed by atoms with Crippen LogP contribution < -0.4 is 5.73 Å². The van der Waals surface area contributed by atoms with Crippen LogP contribution in [0.3, 0.4) is 0 Å². The van der Waals surface area contributed by atoms with E-state index < -0.39 is 0 Å². The van der Waals surface area contributed by atoms with E-state index in [1.807, 2.05) is 4.90 Å². The Balaban J connectivity index is 2.07. The van der Waals surface area contributed by atoms with Gasteiger partial charge in [0.25, 0.3) is 5.91 Å². The van der Waals surface area contributed by atoms with Gasteiger partial charge in [0.1, 0.15) is 0 Å². The van der Waals surface area contributed by atoms with Crippen LogP contribution in [-0.2, 0) is 0 Å². The third-order valence-electron chi connectivity index (χ3n) is 3.74. The van der Waals surface area contributed by atoms with Gasteiger partial charge in [-0.05, 0) is 39.1 Å². The zero-order chi connectivity index (χ0) is 14.0. The molecule has 0 radical (unpaired) electrons. The minimum atomic E-state index is -0.0190. The first-order valence-electron chi connectivity index (χ1n) is 6.50. The van der Waals surface area contributed by atoms with Crippen LogP contribution in [0.4, 0.5) is 5.69 Å². The molecule has 104 valence electrons. The number of nitrogen functional groups attached to an aromatic ring is 1. The van der Waals surface area contributed by atoms with Crippen molar-refractivity contribution in [2.45, 2.75) is 18.9 Å². The second-order valence-corrected chi connectivity index (χ2v) is 5.57. The van der Waals surface area contributed by atoms with E-state index in [-0.39, 0.29) is 5.91 Å². The van der Waals surface area contributed by atoms with Crippen LogP contribution in [0.15, 0.2) is 18.2 Å². The monoisotopic (exact) mass is 281 g/mol. The molecule has 2 N–H and O–H groups in total. The highest BCUT2D eigenvalue weighted by Gasteiger charge is 2.25. The summed E-state index contributed by atoms with van der Waals surface area (Å²) in [4.78, 5) is 16.5. The maximum Gasteiger partial charge on any atom is 0.255 e. The highest BCUT2D eigenvalue weighted by Crippen LogP contribution is 2.25. The fraction of sp³-hybridized carbons (Fsp3) is 0.500. The molecule has 4 nitrogen and oxygen atoms in total. The number of likely N-dealkylation sites (tertiary alicyclic amines) is 1. The third-order valence-corrected chi connectivity index (χ3v) is 4.16. The molecule has 0 aliphatic carbocycles. The Morgan fingerprint density at radius 1 is 1.37 bits per heavy atom. The first kappa shape index (κ1) is 14.2. The number of anilines is 1. The predicted molar refractivity (Wildman–Crippen MR) is 78.5 cm³/mol. The Morgan fingerprint density at radius 2 is 2.00 bits per heavy atom. The number of halogens is 1. The van der Waals surface area contributed by atoms with Crippen LogP contribution in [0.5, 0.6) is 0 Å². The molecule has 1 aromatic rings. The molecule has 0 bridgehead atoms. The lowest BCUT2D eigenvalue weighted by Gasteiger charge is -2.35. The van der Waals surface area contributed by atoms with E-state index in [1.54, 1.807) is 18.2 Å². The molecule has 0 spiro atoms. The molecule has 0 unspecified atom stereocenters. The SMILES string of the molecule is CN(C)C1CCN(C(=O)c2cccc(N)c2Cl)CC1. The van der Waals surface area contributed by atoms with Crippen molar-refractivity contribution in [3.05, 3.63) is 28.8 Å². The lowest BCUT2D eigenvalue weighted by molar-refractivity contribution is 0.0663. The number of piperidine rings is 1. The summed E-state index contributed by atoms with van der Waals surface area (Å²) in [7, 11) is 4.16.